The molecule has 0 radical (unpaired) electrons. The van der Waals surface area contributed by atoms with Crippen molar-refractivity contribution in [3.8, 4) is 0 Å². The Bertz CT molecular complexity index is 1290. The quantitative estimate of drug-likeness (QED) is 0.396. The first-order chi connectivity index (χ1) is 16.3. The van der Waals surface area contributed by atoms with Crippen LogP contribution < -0.4 is 9.80 Å². The Morgan fingerprint density at radius 2 is 1.85 bits per heavy atom. The molecule has 174 valence electrons. The third kappa shape index (κ3) is 2.30. The standard InChI is InChI=1S/C25H24N4O5/c1-3-26-17-8-5-4-7-16(17)25(24(26)32)21-20(18-9-6-12-27(18)25)22(30)28(23(21)31)19-13-15(29(33)34)11-10-14(19)2/h4-5,7-8,10-11,13,18,20-21H,3,6,9,12H2,1-2H3/t18-,20-,21+,25-/m1/s1. The fourth-order valence-electron chi connectivity index (χ4n) is 6.84. The zero-order chi connectivity index (χ0) is 23.9. The van der Waals surface area contributed by atoms with Crippen molar-refractivity contribution in [2.75, 3.05) is 22.9 Å². The maximum Gasteiger partial charge on any atom is 0.271 e. The Hall–Kier alpha value is -3.59. The van der Waals surface area contributed by atoms with Crippen LogP contribution in [-0.2, 0) is 19.9 Å². The van der Waals surface area contributed by atoms with Gasteiger partial charge in [0.2, 0.25) is 11.8 Å². The smallest absolute Gasteiger partial charge is 0.271 e. The Morgan fingerprint density at radius 1 is 1.09 bits per heavy atom. The van der Waals surface area contributed by atoms with Gasteiger partial charge in [0.05, 0.1) is 22.4 Å². The Labute approximate surface area is 196 Å². The van der Waals surface area contributed by atoms with Gasteiger partial charge in [0, 0.05) is 36.0 Å². The molecule has 0 unspecified atom stereocenters. The van der Waals surface area contributed by atoms with E-state index in [0.29, 0.717) is 18.7 Å². The fourth-order valence-corrected chi connectivity index (χ4v) is 6.84. The van der Waals surface area contributed by atoms with Crippen LogP contribution in [0, 0.1) is 28.9 Å². The lowest BCUT2D eigenvalue weighted by molar-refractivity contribution is -0.384. The number of nitro benzene ring substituents is 1. The van der Waals surface area contributed by atoms with Crippen molar-refractivity contribution in [2.45, 2.75) is 38.3 Å². The summed E-state index contributed by atoms with van der Waals surface area (Å²) in [5.74, 6) is -2.51. The van der Waals surface area contributed by atoms with Gasteiger partial charge in [-0.05, 0) is 44.9 Å². The van der Waals surface area contributed by atoms with E-state index in [4.69, 9.17) is 0 Å². The summed E-state index contributed by atoms with van der Waals surface area (Å²) in [6.45, 7) is 4.73. The molecule has 4 atom stereocenters. The van der Waals surface area contributed by atoms with Crippen molar-refractivity contribution < 1.29 is 19.3 Å². The number of fused-ring (bicyclic) bond motifs is 7. The summed E-state index contributed by atoms with van der Waals surface area (Å²) < 4.78 is 0. The minimum absolute atomic E-state index is 0.158. The lowest BCUT2D eigenvalue weighted by Gasteiger charge is -2.37. The highest BCUT2D eigenvalue weighted by Crippen LogP contribution is 2.61. The molecule has 6 rings (SSSR count). The number of para-hydroxylation sites is 1. The van der Waals surface area contributed by atoms with E-state index in [1.54, 1.807) is 17.9 Å². The minimum atomic E-state index is -1.23. The summed E-state index contributed by atoms with van der Waals surface area (Å²) >= 11 is 0. The molecule has 4 aliphatic heterocycles. The number of likely N-dealkylation sites (N-methyl/N-ethyl adjacent to an activating group) is 1. The molecule has 3 saturated heterocycles. The van der Waals surface area contributed by atoms with Crippen LogP contribution in [0.1, 0.15) is 30.9 Å². The van der Waals surface area contributed by atoms with Crippen LogP contribution >= 0.6 is 0 Å². The number of nitrogens with zero attached hydrogens (tertiary/aromatic N) is 4. The van der Waals surface area contributed by atoms with Crippen LogP contribution in [0.5, 0.6) is 0 Å². The van der Waals surface area contributed by atoms with E-state index in [1.807, 2.05) is 31.2 Å². The number of carbonyl (C=O) groups excluding carboxylic acids is 3. The van der Waals surface area contributed by atoms with E-state index in [1.165, 1.54) is 12.1 Å². The number of nitro groups is 1. The normalized spacial score (nSPS) is 29.8. The Kier molecular flexibility index (Phi) is 4.29. The van der Waals surface area contributed by atoms with E-state index >= 15 is 0 Å². The average molecular weight is 460 g/mol. The van der Waals surface area contributed by atoms with E-state index in [2.05, 4.69) is 4.90 Å². The lowest BCUT2D eigenvalue weighted by Crippen LogP contribution is -2.56. The Balaban J connectivity index is 1.56. The maximum atomic E-state index is 14.1. The molecule has 2 aromatic rings. The van der Waals surface area contributed by atoms with Crippen molar-refractivity contribution in [3.63, 3.8) is 0 Å². The van der Waals surface area contributed by atoms with Gasteiger partial charge >= 0.3 is 0 Å². The van der Waals surface area contributed by atoms with Gasteiger partial charge in [0.25, 0.3) is 11.6 Å². The number of imide groups is 1. The summed E-state index contributed by atoms with van der Waals surface area (Å²) in [7, 11) is 0. The molecule has 1 spiro atoms. The number of anilines is 2. The van der Waals surface area contributed by atoms with Gasteiger partial charge in [-0.3, -0.25) is 29.4 Å². The number of hydrogen-bond acceptors (Lipinski definition) is 6. The van der Waals surface area contributed by atoms with Crippen LogP contribution in [0.25, 0.3) is 0 Å². The van der Waals surface area contributed by atoms with E-state index in [0.717, 1.165) is 29.0 Å². The Morgan fingerprint density at radius 3 is 2.59 bits per heavy atom. The molecule has 34 heavy (non-hydrogen) atoms. The van der Waals surface area contributed by atoms with E-state index in [-0.39, 0.29) is 29.2 Å². The highest BCUT2D eigenvalue weighted by atomic mass is 16.6. The van der Waals surface area contributed by atoms with Gasteiger partial charge in [-0.25, -0.2) is 4.90 Å². The fraction of sp³-hybridized carbons (Fsp3) is 0.400. The van der Waals surface area contributed by atoms with Gasteiger partial charge in [-0.2, -0.15) is 0 Å². The van der Waals surface area contributed by atoms with Crippen LogP contribution in [0.2, 0.25) is 0 Å². The second-order valence-corrected chi connectivity index (χ2v) is 9.48. The van der Waals surface area contributed by atoms with Gasteiger partial charge in [-0.15, -0.1) is 0 Å². The van der Waals surface area contributed by atoms with Crippen molar-refractivity contribution in [2.24, 2.45) is 11.8 Å². The van der Waals surface area contributed by atoms with Gasteiger partial charge < -0.3 is 4.90 Å². The first kappa shape index (κ1) is 21.0. The molecule has 0 aliphatic carbocycles. The van der Waals surface area contributed by atoms with Crippen LogP contribution in [0.3, 0.4) is 0 Å². The lowest BCUT2D eigenvalue weighted by atomic mass is 9.75. The molecule has 3 fully saturated rings. The van der Waals surface area contributed by atoms with Gasteiger partial charge in [0.15, 0.2) is 0 Å². The predicted molar refractivity (Wildman–Crippen MR) is 123 cm³/mol. The highest BCUT2D eigenvalue weighted by Gasteiger charge is 2.75. The molecule has 0 bridgehead atoms. The molecule has 0 saturated carbocycles. The molecule has 0 N–H and O–H groups in total. The molecule has 0 aromatic heterocycles. The van der Waals surface area contributed by atoms with Crippen molar-refractivity contribution in [1.29, 1.82) is 0 Å². The first-order valence-corrected chi connectivity index (χ1v) is 11.6. The van der Waals surface area contributed by atoms with Crippen molar-refractivity contribution >= 4 is 34.8 Å². The zero-order valence-corrected chi connectivity index (χ0v) is 18.9. The van der Waals surface area contributed by atoms with Crippen LogP contribution in [0.4, 0.5) is 17.1 Å². The van der Waals surface area contributed by atoms with Crippen molar-refractivity contribution in [1.82, 2.24) is 4.90 Å². The monoisotopic (exact) mass is 460 g/mol. The molecule has 3 amide bonds. The SMILES string of the molecule is CCN1C(=O)[C@@]2(c3ccccc31)[C@@H]1C(=O)N(c3cc([N+](=O)[O-])ccc3C)C(=O)[C@@H]1[C@H]1CCCN12. The predicted octanol–water partition coefficient (Wildman–Crippen LogP) is 2.75. The summed E-state index contributed by atoms with van der Waals surface area (Å²) in [5.41, 5.74) is 0.970. The number of carbonyl (C=O) groups is 3. The molecule has 9 nitrogen and oxygen atoms in total. The number of non-ortho nitro benzene ring substituents is 1. The second kappa shape index (κ2) is 6.96. The summed E-state index contributed by atoms with van der Waals surface area (Å²) in [6, 6.07) is 11.5. The van der Waals surface area contributed by atoms with E-state index in [9.17, 15) is 24.5 Å². The molecule has 4 aliphatic rings. The maximum absolute atomic E-state index is 14.1. The average Bonchev–Trinajstić information content (AvgIpc) is 3.52. The zero-order valence-electron chi connectivity index (χ0n) is 18.9. The van der Waals surface area contributed by atoms with Gasteiger partial charge in [-0.1, -0.05) is 24.3 Å². The summed E-state index contributed by atoms with van der Waals surface area (Å²) in [4.78, 5) is 57.9. The largest absolute Gasteiger partial charge is 0.310 e. The molecule has 2 aromatic carbocycles. The summed E-state index contributed by atoms with van der Waals surface area (Å²) in [6.07, 6.45) is 1.57. The number of aryl methyl sites for hydroxylation is 1. The number of rotatable bonds is 3. The second-order valence-electron chi connectivity index (χ2n) is 9.48. The molecule has 4 heterocycles. The highest BCUT2D eigenvalue weighted by molar-refractivity contribution is 6.26. The van der Waals surface area contributed by atoms with Crippen molar-refractivity contribution in [3.05, 3.63) is 63.7 Å². The van der Waals surface area contributed by atoms with Crippen LogP contribution in [-0.4, -0.2) is 46.7 Å². The minimum Gasteiger partial charge on any atom is -0.310 e. The molecule has 9 heteroatoms. The molecular weight excluding hydrogens is 436 g/mol. The third-order valence-electron chi connectivity index (χ3n) is 8.11. The summed E-state index contributed by atoms with van der Waals surface area (Å²) in [5, 5.41) is 11.4. The van der Waals surface area contributed by atoms with Crippen LogP contribution in [0.15, 0.2) is 42.5 Å². The van der Waals surface area contributed by atoms with Gasteiger partial charge in [0.1, 0.15) is 5.54 Å². The topological polar surface area (TPSA) is 104 Å². The van der Waals surface area contributed by atoms with E-state index < -0.39 is 28.2 Å². The third-order valence-corrected chi connectivity index (χ3v) is 8.11. The number of benzene rings is 2. The number of amides is 3. The first-order valence-electron chi connectivity index (χ1n) is 11.6. The number of hydrogen-bond donors (Lipinski definition) is 0. The molecular formula is C25H24N4O5.